The predicted octanol–water partition coefficient (Wildman–Crippen LogP) is -1.32. The smallest absolute Gasteiger partial charge is 0.333 e. The van der Waals surface area contributed by atoms with Crippen molar-refractivity contribution in [3.8, 4) is 0 Å². The van der Waals surface area contributed by atoms with Crippen LogP contribution in [0.15, 0.2) is 36.6 Å². The molecule has 8 atom stereocenters. The highest BCUT2D eigenvalue weighted by Gasteiger charge is 2.65. The number of hydrogen-bond donors (Lipinski definition) is 5. The van der Waals surface area contributed by atoms with Gasteiger partial charge in [-0.1, -0.05) is 36.4 Å². The Morgan fingerprint density at radius 2 is 1.93 bits per heavy atom. The normalized spacial score (nSPS) is 37.3. The lowest BCUT2D eigenvalue weighted by molar-refractivity contribution is -0.400. The lowest BCUT2D eigenvalue weighted by Crippen LogP contribution is -2.74. The van der Waals surface area contributed by atoms with Crippen LogP contribution in [-0.2, 0) is 28.5 Å². The second-order valence-corrected chi connectivity index (χ2v) is 11.3. The lowest BCUT2D eigenvalue weighted by Gasteiger charge is -2.56. The highest BCUT2D eigenvalue weighted by molar-refractivity contribution is 5.90. The van der Waals surface area contributed by atoms with Crippen LogP contribution in [0.2, 0.25) is 0 Å². The summed E-state index contributed by atoms with van der Waals surface area (Å²) in [5.41, 5.74) is -2.33. The third-order valence-corrected chi connectivity index (χ3v) is 9.13. The van der Waals surface area contributed by atoms with E-state index >= 15 is 0 Å². The number of aromatic nitrogens is 1. The molecule has 4 aliphatic rings. The van der Waals surface area contributed by atoms with Crippen molar-refractivity contribution in [1.29, 1.82) is 0 Å². The average Bonchev–Trinajstić information content (AvgIpc) is 3.64. The molecule has 2 spiro atoms. The molecule has 2 aliphatic carbocycles. The van der Waals surface area contributed by atoms with E-state index in [1.54, 1.807) is 18.3 Å². The maximum Gasteiger partial charge on any atom is 0.333 e. The van der Waals surface area contributed by atoms with Crippen LogP contribution in [0.1, 0.15) is 32.1 Å². The van der Waals surface area contributed by atoms with Gasteiger partial charge in [-0.3, -0.25) is 4.79 Å². The number of aliphatic carboxylic acids is 1. The summed E-state index contributed by atoms with van der Waals surface area (Å²) in [6.07, 6.45) is 4.03. The zero-order valence-corrected chi connectivity index (χ0v) is 22.7. The van der Waals surface area contributed by atoms with Crippen LogP contribution in [0.5, 0.6) is 0 Å². The number of aliphatic hydroxyl groups is 4. The highest BCUT2D eigenvalue weighted by Crippen LogP contribution is 2.55. The number of esters is 1. The van der Waals surface area contributed by atoms with Crippen LogP contribution in [0.25, 0.3) is 12.3 Å². The third-order valence-electron chi connectivity index (χ3n) is 9.13. The second-order valence-electron chi connectivity index (χ2n) is 11.3. The van der Waals surface area contributed by atoms with Crippen molar-refractivity contribution >= 4 is 24.3 Å². The largest absolute Gasteiger partial charge is 0.661 e. The molecular formula is C29H36NO11-. The minimum atomic E-state index is -2.24. The molecule has 224 valence electrons. The molecule has 12 heteroatoms. The van der Waals surface area contributed by atoms with Crippen molar-refractivity contribution in [3.63, 3.8) is 0 Å². The van der Waals surface area contributed by atoms with E-state index in [1.807, 2.05) is 0 Å². The Hall–Kier alpha value is -3.00. The SMILES string of the molecule is C=C[C@@H]1[C@H](CC(=O)O)C(C(=O)OC)=CC2(CCCC2)[C@H]1O[C@]1(CO)O[C@H](CO)[C@]2(C=c3cc[n-]c3=CO2)[C@H](O)[C@H]1O. The van der Waals surface area contributed by atoms with Gasteiger partial charge in [0.05, 0.1) is 32.5 Å². The molecule has 0 amide bonds. The molecule has 2 aliphatic heterocycles. The van der Waals surface area contributed by atoms with Gasteiger partial charge in [0.2, 0.25) is 5.79 Å². The van der Waals surface area contributed by atoms with E-state index in [2.05, 4.69) is 11.6 Å². The molecule has 5 rings (SSSR count). The van der Waals surface area contributed by atoms with Gasteiger partial charge in [0.15, 0.2) is 5.60 Å². The zero-order valence-electron chi connectivity index (χ0n) is 22.7. The van der Waals surface area contributed by atoms with Crippen LogP contribution in [0.3, 0.4) is 0 Å². The molecule has 1 aromatic heterocycles. The van der Waals surface area contributed by atoms with Crippen molar-refractivity contribution in [3.05, 3.63) is 47.1 Å². The Labute approximate surface area is 236 Å². The van der Waals surface area contributed by atoms with Gasteiger partial charge in [0.1, 0.15) is 24.9 Å². The number of methoxy groups -OCH3 is 1. The number of carboxylic acid groups (broad SMARTS) is 1. The fraction of sp³-hybridized carbons (Fsp3) is 0.586. The fourth-order valence-electron chi connectivity index (χ4n) is 7.09. The first kappa shape index (κ1) is 29.5. The average molecular weight is 575 g/mol. The highest BCUT2D eigenvalue weighted by atomic mass is 16.7. The Morgan fingerprint density at radius 1 is 1.20 bits per heavy atom. The monoisotopic (exact) mass is 574 g/mol. The van der Waals surface area contributed by atoms with E-state index in [0.717, 1.165) is 12.8 Å². The summed E-state index contributed by atoms with van der Waals surface area (Å²) < 4.78 is 23.5. The number of rotatable bonds is 8. The maximum absolute atomic E-state index is 12.8. The summed E-state index contributed by atoms with van der Waals surface area (Å²) >= 11 is 0. The number of carbonyl (C=O) groups is 2. The van der Waals surface area contributed by atoms with E-state index in [9.17, 15) is 35.1 Å². The van der Waals surface area contributed by atoms with Crippen LogP contribution >= 0.6 is 0 Å². The molecule has 5 N–H and O–H groups in total. The molecule has 1 aromatic rings. The molecule has 0 radical (unpaired) electrons. The van der Waals surface area contributed by atoms with E-state index < -0.39 is 84.6 Å². The summed E-state index contributed by atoms with van der Waals surface area (Å²) in [5, 5.41) is 54.9. The number of ether oxygens (including phenoxy) is 4. The molecule has 0 unspecified atom stereocenters. The van der Waals surface area contributed by atoms with Crippen LogP contribution in [0, 0.1) is 17.3 Å². The molecule has 3 heterocycles. The van der Waals surface area contributed by atoms with Gasteiger partial charge < -0.3 is 49.5 Å². The number of fused-ring (bicyclic) bond motifs is 1. The molecule has 41 heavy (non-hydrogen) atoms. The predicted molar refractivity (Wildman–Crippen MR) is 141 cm³/mol. The van der Waals surface area contributed by atoms with E-state index in [-0.39, 0.29) is 5.57 Å². The summed E-state index contributed by atoms with van der Waals surface area (Å²) in [7, 11) is 1.23. The molecular weight excluding hydrogens is 538 g/mol. The molecule has 2 fully saturated rings. The maximum atomic E-state index is 12.8. The standard InChI is InChI=1S/C29H36NO11/c1-3-17-18(10-22(33)34)19(26(37)38-2)12-27(7-4-5-8-27)25(17)41-29(15-32)24(36)23(35)28(21(13-31)40-29)11-16-6-9-30-20(16)14-39-28/h3,6,9,11-12,14,17-18,21,23-25,31-32,35-36H,1,4-5,7-8,10,13,15H2,2H3,(H,33,34)/q-1/t17-,18+,21-,23-,24-,25+,28-,29+/m1/s1. The topological polar surface area (TPSA) is 186 Å². The minimum Gasteiger partial charge on any atom is -0.661 e. The van der Waals surface area contributed by atoms with Crippen LogP contribution in [-0.4, -0.2) is 93.6 Å². The van der Waals surface area contributed by atoms with Crippen molar-refractivity contribution in [1.82, 2.24) is 4.98 Å². The summed E-state index contributed by atoms with van der Waals surface area (Å²) in [4.78, 5) is 28.9. The van der Waals surface area contributed by atoms with Gasteiger partial charge in [-0.05, 0) is 24.1 Å². The van der Waals surface area contributed by atoms with Crippen molar-refractivity contribution in [2.45, 2.75) is 67.9 Å². The Bertz CT molecular complexity index is 1330. The van der Waals surface area contributed by atoms with Gasteiger partial charge in [-0.15, -0.1) is 6.58 Å². The van der Waals surface area contributed by atoms with Gasteiger partial charge in [0.25, 0.3) is 0 Å². The number of nitrogens with zero attached hydrogens (tertiary/aromatic N) is 1. The quantitative estimate of drug-likeness (QED) is 0.183. The summed E-state index contributed by atoms with van der Waals surface area (Å²) in [5.74, 6) is -5.70. The molecule has 12 nitrogen and oxygen atoms in total. The molecule has 0 bridgehead atoms. The van der Waals surface area contributed by atoms with Gasteiger partial charge >= 0.3 is 11.9 Å². The Kier molecular flexibility index (Phi) is 7.92. The van der Waals surface area contributed by atoms with Crippen molar-refractivity contribution in [2.75, 3.05) is 20.3 Å². The molecule has 0 aromatic carbocycles. The minimum absolute atomic E-state index is 0.205. The number of carboxylic acids is 1. The van der Waals surface area contributed by atoms with Gasteiger partial charge in [-0.2, -0.15) is 6.20 Å². The second kappa shape index (κ2) is 11.0. The summed E-state index contributed by atoms with van der Waals surface area (Å²) in [6, 6.07) is 1.68. The number of carbonyl (C=O) groups excluding carboxylic acids is 1. The first-order valence-corrected chi connectivity index (χ1v) is 13.7. The van der Waals surface area contributed by atoms with E-state index in [0.29, 0.717) is 23.4 Å². The Morgan fingerprint density at radius 3 is 2.54 bits per heavy atom. The number of hydrogen-bond acceptors (Lipinski definition) is 10. The fourth-order valence-corrected chi connectivity index (χ4v) is 7.09. The lowest BCUT2D eigenvalue weighted by atomic mass is 9.62. The summed E-state index contributed by atoms with van der Waals surface area (Å²) in [6.45, 7) is 2.33. The van der Waals surface area contributed by atoms with Crippen molar-refractivity contribution < 1.29 is 54.1 Å². The zero-order chi connectivity index (χ0) is 29.6. The van der Waals surface area contributed by atoms with Crippen LogP contribution in [0.4, 0.5) is 0 Å². The van der Waals surface area contributed by atoms with Gasteiger partial charge in [-0.25, -0.2) is 4.79 Å². The van der Waals surface area contributed by atoms with Crippen LogP contribution < -0.4 is 15.6 Å². The van der Waals surface area contributed by atoms with E-state index in [4.69, 9.17) is 18.9 Å². The molecule has 1 saturated heterocycles. The first-order chi connectivity index (χ1) is 19.6. The third kappa shape index (κ3) is 4.62. The molecule has 1 saturated carbocycles. The van der Waals surface area contributed by atoms with E-state index in [1.165, 1.54) is 25.5 Å². The first-order valence-electron chi connectivity index (χ1n) is 13.7. The Balaban J connectivity index is 1.58. The van der Waals surface area contributed by atoms with Crippen molar-refractivity contribution in [2.24, 2.45) is 17.3 Å². The number of aliphatic hydroxyl groups excluding tert-OH is 4. The van der Waals surface area contributed by atoms with Gasteiger partial charge in [0, 0.05) is 22.8 Å².